The van der Waals surface area contributed by atoms with Gasteiger partial charge < -0.3 is 20.1 Å². The third kappa shape index (κ3) is 5.62. The Labute approximate surface area is 246 Å². The number of nitrogens with zero attached hydrogens (tertiary/aromatic N) is 6. The van der Waals surface area contributed by atoms with Crippen molar-refractivity contribution in [3.05, 3.63) is 59.7 Å². The van der Waals surface area contributed by atoms with Gasteiger partial charge >= 0.3 is 0 Å². The predicted octanol–water partition coefficient (Wildman–Crippen LogP) is 6.22. The Morgan fingerprint density at radius 3 is 2.48 bits per heavy atom. The van der Waals surface area contributed by atoms with E-state index in [4.69, 9.17) is 4.98 Å². The molecule has 4 aromatic rings. The molecule has 2 saturated heterocycles. The summed E-state index contributed by atoms with van der Waals surface area (Å²) >= 11 is 0. The van der Waals surface area contributed by atoms with Crippen LogP contribution < -0.4 is 10.6 Å². The average molecular weight is 575 g/mol. The van der Waals surface area contributed by atoms with Gasteiger partial charge in [0.05, 0.1) is 11.7 Å². The van der Waals surface area contributed by atoms with Crippen molar-refractivity contribution in [2.75, 3.05) is 38.0 Å². The topological polar surface area (TPSA) is 83.8 Å². The first kappa shape index (κ1) is 28.6. The first-order valence-electron chi connectivity index (χ1n) is 15.2. The van der Waals surface area contributed by atoms with Crippen molar-refractivity contribution in [1.82, 2.24) is 34.7 Å². The van der Waals surface area contributed by atoms with Gasteiger partial charge in [-0.15, -0.1) is 0 Å². The van der Waals surface area contributed by atoms with Crippen LogP contribution in [0.3, 0.4) is 0 Å². The number of aromatic nitrogens is 5. The van der Waals surface area contributed by atoms with Gasteiger partial charge in [0.15, 0.2) is 11.6 Å². The van der Waals surface area contributed by atoms with Gasteiger partial charge in [-0.25, -0.2) is 28.7 Å². The van der Waals surface area contributed by atoms with Crippen LogP contribution in [0.1, 0.15) is 63.4 Å². The maximum absolute atomic E-state index is 15.1. The summed E-state index contributed by atoms with van der Waals surface area (Å²) in [5.41, 5.74) is 2.49. The van der Waals surface area contributed by atoms with Crippen LogP contribution in [0.2, 0.25) is 0 Å². The SMILES string of the molecule is CCN1CCC([C@@H](c2ccc(Nc3ncc(F)c(-c4cc(F)c5nc(C)n(C(C)C)c5c4)n3)nc2)C2CCNC2)CC1. The predicted molar refractivity (Wildman–Crippen MR) is 162 cm³/mol. The second-order valence-electron chi connectivity index (χ2n) is 12.0. The van der Waals surface area contributed by atoms with Crippen LogP contribution in [0.4, 0.5) is 20.5 Å². The number of anilines is 2. The molecule has 0 amide bonds. The lowest BCUT2D eigenvalue weighted by atomic mass is 9.73. The van der Waals surface area contributed by atoms with E-state index in [1.807, 2.05) is 37.6 Å². The number of rotatable bonds is 8. The van der Waals surface area contributed by atoms with Gasteiger partial charge in [-0.1, -0.05) is 13.0 Å². The molecule has 1 unspecified atom stereocenters. The molecule has 2 aliphatic heterocycles. The molecule has 0 radical (unpaired) electrons. The molecule has 2 fully saturated rings. The van der Waals surface area contributed by atoms with E-state index in [9.17, 15) is 4.39 Å². The second-order valence-corrected chi connectivity index (χ2v) is 12.0. The van der Waals surface area contributed by atoms with Crippen molar-refractivity contribution in [3.63, 3.8) is 0 Å². The number of fused-ring (bicyclic) bond motifs is 1. The van der Waals surface area contributed by atoms with Crippen LogP contribution in [0.15, 0.2) is 36.7 Å². The molecule has 42 heavy (non-hydrogen) atoms. The van der Waals surface area contributed by atoms with Crippen molar-refractivity contribution in [2.24, 2.45) is 11.8 Å². The van der Waals surface area contributed by atoms with Crippen LogP contribution in [-0.4, -0.2) is 62.1 Å². The Kier molecular flexibility index (Phi) is 8.18. The number of imidazole rings is 1. The lowest BCUT2D eigenvalue weighted by Gasteiger charge is -2.38. The van der Waals surface area contributed by atoms with Crippen LogP contribution in [0, 0.1) is 30.4 Å². The minimum atomic E-state index is -0.628. The number of benzene rings is 1. The summed E-state index contributed by atoms with van der Waals surface area (Å²) in [5.74, 6) is 2.07. The summed E-state index contributed by atoms with van der Waals surface area (Å²) in [7, 11) is 0. The highest BCUT2D eigenvalue weighted by Crippen LogP contribution is 2.40. The molecule has 0 spiro atoms. The summed E-state index contributed by atoms with van der Waals surface area (Å²) in [6.45, 7) is 13.6. The number of nitrogens with one attached hydrogen (secondary N) is 2. The number of piperidine rings is 1. The Hall–Kier alpha value is -3.50. The smallest absolute Gasteiger partial charge is 0.229 e. The van der Waals surface area contributed by atoms with Crippen LogP contribution in [0.5, 0.6) is 0 Å². The molecule has 5 heterocycles. The Morgan fingerprint density at radius 1 is 1.00 bits per heavy atom. The largest absolute Gasteiger partial charge is 0.326 e. The van der Waals surface area contributed by atoms with E-state index in [2.05, 4.69) is 43.5 Å². The van der Waals surface area contributed by atoms with Gasteiger partial charge in [-0.3, -0.25) is 0 Å². The lowest BCUT2D eigenvalue weighted by molar-refractivity contribution is 0.157. The van der Waals surface area contributed by atoms with Gasteiger partial charge in [-0.05, 0) is 114 Å². The van der Waals surface area contributed by atoms with Crippen LogP contribution >= 0.6 is 0 Å². The fraction of sp³-hybridized carbons (Fsp3) is 0.500. The van der Waals surface area contributed by atoms with Crippen molar-refractivity contribution in [3.8, 4) is 11.3 Å². The zero-order valence-corrected chi connectivity index (χ0v) is 24.9. The van der Waals surface area contributed by atoms with E-state index in [1.54, 1.807) is 6.07 Å². The summed E-state index contributed by atoms with van der Waals surface area (Å²) < 4.78 is 32.0. The van der Waals surface area contributed by atoms with E-state index >= 15 is 4.39 Å². The minimum absolute atomic E-state index is 0.0197. The molecule has 8 nitrogen and oxygen atoms in total. The molecule has 2 N–H and O–H groups in total. The molecule has 6 rings (SSSR count). The summed E-state index contributed by atoms with van der Waals surface area (Å²) in [4.78, 5) is 20.2. The monoisotopic (exact) mass is 574 g/mol. The standard InChI is InChI=1S/C32H40F2N8/c1-5-41-12-9-21(10-13-41)29(23-8-11-35-16-23)22-6-7-28(36-17-22)39-32-37-18-26(34)30(40-32)24-14-25(33)31-27(15-24)42(19(2)3)20(4)38-31/h6-7,14-15,17-19,21,23,29,35H,5,8-13,16H2,1-4H3,(H,36,37,39,40)/t23?,29-/m0/s1. The van der Waals surface area contributed by atoms with Gasteiger partial charge in [0.25, 0.3) is 0 Å². The van der Waals surface area contributed by atoms with Crippen molar-refractivity contribution < 1.29 is 8.78 Å². The van der Waals surface area contributed by atoms with Gasteiger partial charge in [-0.2, -0.15) is 0 Å². The molecule has 1 aromatic carbocycles. The van der Waals surface area contributed by atoms with Crippen LogP contribution in [0.25, 0.3) is 22.3 Å². The van der Waals surface area contributed by atoms with Gasteiger partial charge in [0.1, 0.15) is 22.9 Å². The molecular formula is C32H40F2N8. The summed E-state index contributed by atoms with van der Waals surface area (Å²) in [5, 5.41) is 6.68. The molecule has 2 atom stereocenters. The lowest BCUT2D eigenvalue weighted by Crippen LogP contribution is -2.37. The Morgan fingerprint density at radius 2 is 1.81 bits per heavy atom. The number of halogens is 2. The minimum Gasteiger partial charge on any atom is -0.326 e. The average Bonchev–Trinajstić information content (AvgIpc) is 3.63. The highest BCUT2D eigenvalue weighted by atomic mass is 19.1. The molecular weight excluding hydrogens is 534 g/mol. The highest BCUT2D eigenvalue weighted by Gasteiger charge is 2.34. The molecule has 0 saturated carbocycles. The molecule has 2 aliphatic rings. The summed E-state index contributed by atoms with van der Waals surface area (Å²) in [6.07, 6.45) is 6.70. The fourth-order valence-corrected chi connectivity index (χ4v) is 7.02. The highest BCUT2D eigenvalue weighted by molar-refractivity contribution is 5.83. The van der Waals surface area contributed by atoms with Crippen molar-refractivity contribution >= 4 is 22.8 Å². The first-order valence-corrected chi connectivity index (χ1v) is 15.2. The quantitative estimate of drug-likeness (QED) is 0.258. The van der Waals surface area contributed by atoms with E-state index in [0.29, 0.717) is 40.5 Å². The first-order chi connectivity index (χ1) is 20.3. The van der Waals surface area contributed by atoms with Crippen molar-refractivity contribution in [1.29, 1.82) is 0 Å². The summed E-state index contributed by atoms with van der Waals surface area (Å²) in [6, 6.07) is 7.20. The maximum Gasteiger partial charge on any atom is 0.229 e. The van der Waals surface area contributed by atoms with Crippen molar-refractivity contribution in [2.45, 2.75) is 58.9 Å². The third-order valence-electron chi connectivity index (χ3n) is 9.06. The zero-order chi connectivity index (χ0) is 29.4. The van der Waals surface area contributed by atoms with Gasteiger partial charge in [0.2, 0.25) is 5.95 Å². The number of hydrogen-bond acceptors (Lipinski definition) is 7. The number of pyridine rings is 1. The maximum atomic E-state index is 15.1. The van der Waals surface area contributed by atoms with E-state index in [1.165, 1.54) is 30.9 Å². The van der Waals surface area contributed by atoms with E-state index in [0.717, 1.165) is 38.9 Å². The molecule has 3 aromatic heterocycles. The fourth-order valence-electron chi connectivity index (χ4n) is 7.02. The van der Waals surface area contributed by atoms with Crippen LogP contribution in [-0.2, 0) is 0 Å². The Bertz CT molecular complexity index is 1540. The van der Waals surface area contributed by atoms with E-state index in [-0.39, 0.29) is 23.2 Å². The number of aryl methyl sites for hydroxylation is 1. The zero-order valence-electron chi connectivity index (χ0n) is 24.9. The number of hydrogen-bond donors (Lipinski definition) is 2. The molecule has 0 aliphatic carbocycles. The van der Waals surface area contributed by atoms with Gasteiger partial charge in [0, 0.05) is 17.8 Å². The molecule has 10 heteroatoms. The molecule has 0 bridgehead atoms. The normalized spacial score (nSPS) is 19.2. The number of likely N-dealkylation sites (tertiary alicyclic amines) is 1. The van der Waals surface area contributed by atoms with E-state index < -0.39 is 11.6 Å². The molecule has 222 valence electrons. The Balaban J connectivity index is 1.25. The second kappa shape index (κ2) is 12.0. The third-order valence-corrected chi connectivity index (χ3v) is 9.06.